The van der Waals surface area contributed by atoms with Crippen molar-refractivity contribution in [3.63, 3.8) is 0 Å². The van der Waals surface area contributed by atoms with Crippen molar-refractivity contribution >= 4 is 17.2 Å². The molecule has 6 aliphatic rings. The Hall–Kier alpha value is -2.32. The van der Waals surface area contributed by atoms with Gasteiger partial charge in [0.1, 0.15) is 17.2 Å². The van der Waals surface area contributed by atoms with Crippen molar-refractivity contribution in [3.05, 3.63) is 85.0 Å². The van der Waals surface area contributed by atoms with Crippen LogP contribution in [0.3, 0.4) is 0 Å². The van der Waals surface area contributed by atoms with Crippen LogP contribution < -0.4 is 0 Å². The van der Waals surface area contributed by atoms with Crippen LogP contribution in [-0.2, 0) is 70.6 Å². The number of rotatable bonds is 18. The summed E-state index contributed by atoms with van der Waals surface area (Å²) >= 11 is 0. The molecule has 1 atom stereocenters. The van der Waals surface area contributed by atoms with Crippen LogP contribution in [0.4, 0.5) is 0 Å². The number of phenols is 3. The van der Waals surface area contributed by atoms with E-state index in [1.807, 2.05) is 20.8 Å². The van der Waals surface area contributed by atoms with Gasteiger partial charge < -0.3 is 15.3 Å². The predicted octanol–water partition coefficient (Wildman–Crippen LogP) is 18.7. The van der Waals surface area contributed by atoms with Gasteiger partial charge in [0, 0.05) is 22.3 Å². The maximum absolute atomic E-state index is 12.6. The minimum absolute atomic E-state index is 0.235. The molecule has 3 N–H and O–H groups in total. The van der Waals surface area contributed by atoms with Gasteiger partial charge in [0.15, 0.2) is 0 Å². The van der Waals surface area contributed by atoms with Crippen molar-refractivity contribution in [1.29, 1.82) is 0 Å². The van der Waals surface area contributed by atoms with Crippen molar-refractivity contribution < 1.29 is 42.5 Å². The number of hydrogen-bond acceptors (Lipinski definition) is 9. The molecule has 3 aromatic rings. The molecular weight excluding hydrogens is 963 g/mol. The Kier molecular flexibility index (Phi) is 16.1. The van der Waals surface area contributed by atoms with Crippen LogP contribution in [0.25, 0.3) is 0 Å². The van der Waals surface area contributed by atoms with Crippen LogP contribution in [0.15, 0.2) is 18.2 Å². The van der Waals surface area contributed by atoms with Gasteiger partial charge in [0.2, 0.25) is 11.4 Å². The monoisotopic (exact) mass is 1060 g/mol. The Labute approximate surface area is 451 Å². The zero-order valence-electron chi connectivity index (χ0n) is 50.1. The predicted molar refractivity (Wildman–Crippen MR) is 305 cm³/mol. The lowest BCUT2D eigenvalue weighted by Gasteiger charge is -2.66. The second kappa shape index (κ2) is 20.1. The van der Waals surface area contributed by atoms with Crippen LogP contribution in [0.2, 0.25) is 0 Å². The zero-order chi connectivity index (χ0) is 55.4. The van der Waals surface area contributed by atoms with Gasteiger partial charge >= 0.3 is 23.2 Å². The van der Waals surface area contributed by atoms with Gasteiger partial charge in [0.25, 0.3) is 0 Å². The molecule has 414 valence electrons. The first kappa shape index (κ1) is 59.3. The molecule has 74 heavy (non-hydrogen) atoms. The SMILES string of the molecule is CCCCCCCCCCCCCCC(c1cc(C)c(O)c(C(C)(C)C)c1C(C)(C)C)(c1cc(C)c(O)c(C(C)(C)C)c1C(C)(C)C)C12OP(O1)OC2(c1cc(C)c(O)c(C(C)(C)C)c1C(C)(C)C)C12OP(O1)O2. The largest absolute Gasteiger partial charge is 0.507 e. The molecular formula is C63H98O9P2. The maximum atomic E-state index is 12.6. The molecule has 0 aromatic heterocycles. The molecule has 6 fully saturated rings. The van der Waals surface area contributed by atoms with E-state index in [2.05, 4.69) is 150 Å². The summed E-state index contributed by atoms with van der Waals surface area (Å²) in [6, 6.07) is 6.48. The van der Waals surface area contributed by atoms with Gasteiger partial charge in [-0.3, -0.25) is 13.6 Å². The van der Waals surface area contributed by atoms with Crippen LogP contribution in [0.1, 0.15) is 282 Å². The Balaban J connectivity index is 1.68. The third kappa shape index (κ3) is 9.74. The van der Waals surface area contributed by atoms with Crippen LogP contribution in [0, 0.1) is 20.8 Å². The lowest BCUT2D eigenvalue weighted by Crippen LogP contribution is -2.79. The molecule has 0 aliphatic carbocycles. The summed E-state index contributed by atoms with van der Waals surface area (Å²) in [7, 11) is -3.68. The fourth-order valence-corrected chi connectivity index (χ4v) is 15.9. The lowest BCUT2D eigenvalue weighted by atomic mass is 9.52. The minimum atomic E-state index is -2.03. The van der Waals surface area contributed by atoms with E-state index in [4.69, 9.17) is 27.1 Å². The number of fused-ring (bicyclic) bond motifs is 1. The van der Waals surface area contributed by atoms with E-state index in [0.29, 0.717) is 12.0 Å². The van der Waals surface area contributed by atoms with E-state index in [1.54, 1.807) is 0 Å². The van der Waals surface area contributed by atoms with E-state index < -0.39 is 72.5 Å². The van der Waals surface area contributed by atoms with Crippen LogP contribution in [0.5, 0.6) is 17.2 Å². The van der Waals surface area contributed by atoms with Crippen molar-refractivity contribution in [1.82, 2.24) is 0 Å². The summed E-state index contributed by atoms with van der Waals surface area (Å²) in [5, 5.41) is 37.7. The highest BCUT2D eigenvalue weighted by molar-refractivity contribution is 7.45. The van der Waals surface area contributed by atoms with Crippen LogP contribution >= 0.6 is 17.2 Å². The third-order valence-corrected chi connectivity index (χ3v) is 18.7. The number of hydrogen-bond donors (Lipinski definition) is 3. The van der Waals surface area contributed by atoms with Gasteiger partial charge in [-0.15, -0.1) is 0 Å². The lowest BCUT2D eigenvalue weighted by molar-refractivity contribution is -0.493. The average Bonchev–Trinajstić information content (AvgIpc) is 3.71. The highest BCUT2D eigenvalue weighted by atomic mass is 31.2. The second-order valence-electron chi connectivity index (χ2n) is 28.9. The van der Waals surface area contributed by atoms with Gasteiger partial charge in [-0.1, -0.05) is 221 Å². The summed E-state index contributed by atoms with van der Waals surface area (Å²) in [5.41, 5.74) is 3.97. The third-order valence-electron chi connectivity index (χ3n) is 16.3. The Morgan fingerprint density at radius 1 is 0.392 bits per heavy atom. The number of aromatic hydroxyl groups is 3. The van der Waals surface area contributed by atoms with E-state index in [0.717, 1.165) is 86.9 Å². The average molecular weight is 1060 g/mol. The van der Waals surface area contributed by atoms with Gasteiger partial charge in [-0.2, -0.15) is 0 Å². The Morgan fingerprint density at radius 2 is 0.703 bits per heavy atom. The first-order valence-corrected chi connectivity index (χ1v) is 30.5. The van der Waals surface area contributed by atoms with E-state index >= 15 is 0 Å². The molecule has 1 unspecified atom stereocenters. The van der Waals surface area contributed by atoms with E-state index in [1.165, 1.54) is 51.4 Å². The first-order chi connectivity index (χ1) is 33.9. The Bertz CT molecular complexity index is 2460. The topological polar surface area (TPSA) is 116 Å². The molecule has 0 amide bonds. The zero-order valence-corrected chi connectivity index (χ0v) is 51.9. The standard InChI is InChI=1S/C63H98O9P2/c1-23-24-25-26-27-28-29-30-31-32-33-34-35-60(42-36-39(2)51(64)48(57(14,15)16)45(42)54(5,6)7,43-37-40(3)52(65)49(58(17,18)19)46(43)55(8,9)10)62-61(67-73(68-62)69-62,63-70-74(71-63)72-63)44-38-41(4)53(66)50(59(20,21)22)47(44)56(11,12)13/h36-38,64-66H,23-35H2,1-22H3. The summed E-state index contributed by atoms with van der Waals surface area (Å²) < 4.78 is 43.8. The molecule has 6 saturated heterocycles. The molecule has 3 aromatic carbocycles. The number of unbranched alkanes of at least 4 members (excludes halogenated alkanes) is 11. The van der Waals surface area contributed by atoms with Crippen LogP contribution in [-0.4, -0.2) is 27.1 Å². The number of aryl methyl sites for hydroxylation is 3. The fraction of sp³-hybridized carbons (Fsp3) is 0.714. The highest BCUT2D eigenvalue weighted by Crippen LogP contribution is 2.91. The normalized spacial score (nSPS) is 24.2. The van der Waals surface area contributed by atoms with Crippen molar-refractivity contribution in [2.45, 2.75) is 291 Å². The van der Waals surface area contributed by atoms with Crippen molar-refractivity contribution in [2.24, 2.45) is 0 Å². The molecule has 4 bridgehead atoms. The summed E-state index contributed by atoms with van der Waals surface area (Å²) in [6.45, 7) is 47.9. The second-order valence-corrected chi connectivity index (χ2v) is 30.9. The summed E-state index contributed by atoms with van der Waals surface area (Å²) in [5.74, 6) is -2.77. The van der Waals surface area contributed by atoms with Crippen molar-refractivity contribution in [2.75, 3.05) is 0 Å². The van der Waals surface area contributed by atoms with Gasteiger partial charge in [0.05, 0.1) is 5.41 Å². The fourth-order valence-electron chi connectivity index (χ4n) is 13.2. The molecule has 11 heteroatoms. The van der Waals surface area contributed by atoms with Crippen molar-refractivity contribution in [3.8, 4) is 17.2 Å². The number of benzene rings is 3. The molecule has 0 spiro atoms. The van der Waals surface area contributed by atoms with Gasteiger partial charge in [-0.05, 0) is 110 Å². The summed E-state index contributed by atoms with van der Waals surface area (Å²) in [4.78, 5) is 0. The van der Waals surface area contributed by atoms with Gasteiger partial charge in [-0.25, -0.2) is 13.6 Å². The molecule has 6 heterocycles. The minimum Gasteiger partial charge on any atom is -0.507 e. The molecule has 0 saturated carbocycles. The maximum Gasteiger partial charge on any atom is 0.346 e. The quantitative estimate of drug-likeness (QED) is 0.0846. The van der Waals surface area contributed by atoms with E-state index in [9.17, 15) is 15.3 Å². The highest BCUT2D eigenvalue weighted by Gasteiger charge is 2.95. The Morgan fingerprint density at radius 3 is 1.03 bits per heavy atom. The molecule has 0 radical (unpaired) electrons. The molecule has 9 nitrogen and oxygen atoms in total. The molecule has 6 aliphatic heterocycles. The first-order valence-electron chi connectivity index (χ1n) is 28.3. The number of phenolic OH excluding ortho intramolecular Hbond substituents is 3. The smallest absolute Gasteiger partial charge is 0.346 e. The van der Waals surface area contributed by atoms with E-state index in [-0.39, 0.29) is 17.2 Å². The molecule has 9 rings (SSSR count). The summed E-state index contributed by atoms with van der Waals surface area (Å²) in [6.07, 6.45) is 14.8.